The van der Waals surface area contributed by atoms with Crippen LogP contribution in [0.4, 0.5) is 5.69 Å². The highest BCUT2D eigenvalue weighted by molar-refractivity contribution is 6.02. The van der Waals surface area contributed by atoms with E-state index in [0.29, 0.717) is 6.42 Å². The first-order valence-electron chi connectivity index (χ1n) is 9.68. The quantitative estimate of drug-likeness (QED) is 0.453. The number of benzene rings is 2. The van der Waals surface area contributed by atoms with E-state index in [0.717, 1.165) is 40.9 Å². The van der Waals surface area contributed by atoms with E-state index < -0.39 is 0 Å². The third-order valence-corrected chi connectivity index (χ3v) is 4.48. The smallest absolute Gasteiger partial charge is 0.224 e. The Labute approximate surface area is 160 Å². The van der Waals surface area contributed by atoms with Gasteiger partial charge in [0.15, 0.2) is 0 Å². The summed E-state index contributed by atoms with van der Waals surface area (Å²) in [4.78, 5) is 16.8. The topological polar surface area (TPSA) is 51.2 Å². The van der Waals surface area contributed by atoms with Crippen molar-refractivity contribution in [2.45, 2.75) is 45.4 Å². The minimum absolute atomic E-state index is 0.0372. The van der Waals surface area contributed by atoms with Gasteiger partial charge >= 0.3 is 0 Å². The number of pyridine rings is 1. The van der Waals surface area contributed by atoms with Crippen LogP contribution in [0.15, 0.2) is 60.8 Å². The van der Waals surface area contributed by atoms with Crippen molar-refractivity contribution in [2.75, 3.05) is 5.32 Å². The number of aromatic nitrogens is 1. The lowest BCUT2D eigenvalue weighted by Crippen LogP contribution is -2.11. The van der Waals surface area contributed by atoms with Crippen molar-refractivity contribution in [1.82, 2.24) is 4.98 Å². The van der Waals surface area contributed by atoms with Gasteiger partial charge in [-0.1, -0.05) is 50.8 Å². The number of ether oxygens (including phenoxy) is 1. The molecule has 0 atom stereocenters. The Morgan fingerprint density at radius 3 is 2.59 bits per heavy atom. The van der Waals surface area contributed by atoms with Crippen molar-refractivity contribution in [3.8, 4) is 11.5 Å². The minimum Gasteiger partial charge on any atom is -0.457 e. The molecule has 0 fully saturated rings. The number of nitrogens with zero attached hydrogens (tertiary/aromatic N) is 1. The number of fused-ring (bicyclic) bond motifs is 1. The van der Waals surface area contributed by atoms with E-state index in [9.17, 15) is 4.79 Å². The summed E-state index contributed by atoms with van der Waals surface area (Å²) in [5.41, 5.74) is 1.47. The number of amides is 1. The van der Waals surface area contributed by atoms with E-state index >= 15 is 0 Å². The van der Waals surface area contributed by atoms with Crippen LogP contribution in [0.1, 0.15) is 45.4 Å². The molecule has 27 heavy (non-hydrogen) atoms. The standard InChI is InChI=1S/C23H26N2O2/c1-2-3-4-5-9-14-22(26)25-20-15-16-21(19-13-10-17-24-23(19)20)27-18-11-7-6-8-12-18/h6-8,10-13,15-17H,2-5,9,14H2,1H3,(H,25,26). The van der Waals surface area contributed by atoms with E-state index in [4.69, 9.17) is 4.74 Å². The van der Waals surface area contributed by atoms with E-state index in [1.807, 2.05) is 54.6 Å². The molecule has 0 saturated heterocycles. The molecule has 0 spiro atoms. The summed E-state index contributed by atoms with van der Waals surface area (Å²) >= 11 is 0. The second kappa shape index (κ2) is 9.72. The predicted molar refractivity (Wildman–Crippen MR) is 110 cm³/mol. The van der Waals surface area contributed by atoms with Gasteiger partial charge in [0.05, 0.1) is 11.2 Å². The van der Waals surface area contributed by atoms with Gasteiger partial charge in [-0.05, 0) is 42.8 Å². The van der Waals surface area contributed by atoms with Crippen molar-refractivity contribution in [2.24, 2.45) is 0 Å². The van der Waals surface area contributed by atoms with Crippen molar-refractivity contribution < 1.29 is 9.53 Å². The molecule has 0 aliphatic heterocycles. The highest BCUT2D eigenvalue weighted by Crippen LogP contribution is 2.33. The van der Waals surface area contributed by atoms with Crippen molar-refractivity contribution in [3.63, 3.8) is 0 Å². The van der Waals surface area contributed by atoms with Crippen LogP contribution >= 0.6 is 0 Å². The molecule has 4 nitrogen and oxygen atoms in total. The molecule has 3 aromatic rings. The van der Waals surface area contributed by atoms with Crippen molar-refractivity contribution in [1.29, 1.82) is 0 Å². The van der Waals surface area contributed by atoms with Crippen LogP contribution in [0.3, 0.4) is 0 Å². The van der Waals surface area contributed by atoms with Gasteiger partial charge in [-0.2, -0.15) is 0 Å². The predicted octanol–water partition coefficient (Wildman–Crippen LogP) is 6.33. The highest BCUT2D eigenvalue weighted by Gasteiger charge is 2.11. The number of carbonyl (C=O) groups excluding carboxylic acids is 1. The number of hydrogen-bond donors (Lipinski definition) is 1. The van der Waals surface area contributed by atoms with E-state index in [1.54, 1.807) is 6.20 Å². The van der Waals surface area contributed by atoms with E-state index in [-0.39, 0.29) is 5.91 Å². The number of carbonyl (C=O) groups is 1. The van der Waals surface area contributed by atoms with Crippen LogP contribution in [0.2, 0.25) is 0 Å². The summed E-state index contributed by atoms with van der Waals surface area (Å²) in [6.45, 7) is 2.19. The second-order valence-electron chi connectivity index (χ2n) is 6.64. The molecule has 0 saturated carbocycles. The molecule has 0 aliphatic rings. The number of rotatable bonds is 9. The van der Waals surface area contributed by atoms with E-state index in [1.165, 1.54) is 19.3 Å². The number of nitrogens with one attached hydrogen (secondary N) is 1. The molecule has 140 valence electrons. The highest BCUT2D eigenvalue weighted by atomic mass is 16.5. The molecule has 0 bridgehead atoms. The summed E-state index contributed by atoms with van der Waals surface area (Å²) in [5, 5.41) is 3.89. The van der Waals surface area contributed by atoms with Crippen LogP contribution in [0.25, 0.3) is 10.9 Å². The van der Waals surface area contributed by atoms with Gasteiger partial charge in [-0.15, -0.1) is 0 Å². The average Bonchev–Trinajstić information content (AvgIpc) is 2.70. The first kappa shape index (κ1) is 18.9. The summed E-state index contributed by atoms with van der Waals surface area (Å²) < 4.78 is 6.00. The molecular formula is C23H26N2O2. The number of anilines is 1. The van der Waals surface area contributed by atoms with Crippen molar-refractivity contribution in [3.05, 3.63) is 60.8 Å². The Kier molecular flexibility index (Phi) is 6.80. The van der Waals surface area contributed by atoms with Crippen LogP contribution < -0.4 is 10.1 Å². The molecular weight excluding hydrogens is 336 g/mol. The molecule has 1 aromatic heterocycles. The molecule has 4 heteroatoms. The molecule has 0 aliphatic carbocycles. The monoisotopic (exact) mass is 362 g/mol. The van der Waals surface area contributed by atoms with Crippen LogP contribution in [-0.4, -0.2) is 10.9 Å². The first-order chi connectivity index (χ1) is 13.3. The Bertz CT molecular complexity index is 878. The lowest BCUT2D eigenvalue weighted by Gasteiger charge is -2.12. The van der Waals surface area contributed by atoms with E-state index in [2.05, 4.69) is 17.2 Å². The molecule has 3 rings (SSSR count). The fraction of sp³-hybridized carbons (Fsp3) is 0.304. The largest absolute Gasteiger partial charge is 0.457 e. The number of hydrogen-bond acceptors (Lipinski definition) is 3. The molecule has 1 N–H and O–H groups in total. The molecule has 2 aromatic carbocycles. The average molecular weight is 362 g/mol. The number of unbranched alkanes of at least 4 members (excludes halogenated alkanes) is 4. The van der Waals surface area contributed by atoms with Gasteiger partial charge in [0, 0.05) is 18.0 Å². The maximum Gasteiger partial charge on any atom is 0.224 e. The fourth-order valence-corrected chi connectivity index (χ4v) is 3.05. The zero-order valence-electron chi connectivity index (χ0n) is 15.8. The van der Waals surface area contributed by atoms with Gasteiger partial charge in [0.1, 0.15) is 11.5 Å². The lowest BCUT2D eigenvalue weighted by atomic mass is 10.1. The van der Waals surface area contributed by atoms with Gasteiger partial charge in [0.2, 0.25) is 5.91 Å². The second-order valence-corrected chi connectivity index (χ2v) is 6.64. The van der Waals surface area contributed by atoms with Crippen molar-refractivity contribution >= 4 is 22.5 Å². The molecule has 0 radical (unpaired) electrons. The SMILES string of the molecule is CCCCCCCC(=O)Nc1ccc(Oc2ccccc2)c2cccnc12. The van der Waals surface area contributed by atoms with Crippen LogP contribution in [-0.2, 0) is 4.79 Å². The lowest BCUT2D eigenvalue weighted by molar-refractivity contribution is -0.116. The summed E-state index contributed by atoms with van der Waals surface area (Å²) in [6, 6.07) is 17.2. The Morgan fingerprint density at radius 1 is 0.963 bits per heavy atom. The number of para-hydroxylation sites is 1. The Morgan fingerprint density at radius 2 is 1.78 bits per heavy atom. The normalized spacial score (nSPS) is 10.7. The third-order valence-electron chi connectivity index (χ3n) is 4.48. The minimum atomic E-state index is 0.0372. The maximum atomic E-state index is 12.3. The van der Waals surface area contributed by atoms with Crippen LogP contribution in [0, 0.1) is 0 Å². The molecule has 1 heterocycles. The van der Waals surface area contributed by atoms with Gasteiger partial charge < -0.3 is 10.1 Å². The Hall–Kier alpha value is -2.88. The maximum absolute atomic E-state index is 12.3. The zero-order valence-corrected chi connectivity index (χ0v) is 15.8. The summed E-state index contributed by atoms with van der Waals surface area (Å²) in [7, 11) is 0. The first-order valence-corrected chi connectivity index (χ1v) is 9.68. The zero-order chi connectivity index (χ0) is 18.9. The molecule has 0 unspecified atom stereocenters. The van der Waals surface area contributed by atoms with Gasteiger partial charge in [-0.25, -0.2) is 0 Å². The van der Waals surface area contributed by atoms with Gasteiger partial charge in [0.25, 0.3) is 0 Å². The Balaban J connectivity index is 1.72. The van der Waals surface area contributed by atoms with Gasteiger partial charge in [-0.3, -0.25) is 9.78 Å². The summed E-state index contributed by atoms with van der Waals surface area (Å²) in [5.74, 6) is 1.53. The fourth-order valence-electron chi connectivity index (χ4n) is 3.05. The van der Waals surface area contributed by atoms with Crippen LogP contribution in [0.5, 0.6) is 11.5 Å². The summed E-state index contributed by atoms with van der Waals surface area (Å²) in [6.07, 6.45) is 7.94. The third kappa shape index (κ3) is 5.30. The molecule has 1 amide bonds.